The van der Waals surface area contributed by atoms with Crippen LogP contribution in [0.1, 0.15) is 34.6 Å². The van der Waals surface area contributed by atoms with Gasteiger partial charge >= 0.3 is 0 Å². The molecule has 8 heteroatoms. The molecule has 148 valence electrons. The molecule has 1 unspecified atom stereocenters. The largest absolute Gasteiger partial charge is 0.355 e. The number of hydrogen-bond donors (Lipinski definition) is 3. The first-order valence-electron chi connectivity index (χ1n) is 8.62. The Morgan fingerprint density at radius 3 is 2.14 bits per heavy atom. The Kier molecular flexibility index (Phi) is 7.43. The molecule has 2 rings (SSSR count). The fraction of sp³-hybridized carbons (Fsp3) is 0.250. The van der Waals surface area contributed by atoms with Gasteiger partial charge in [-0.05, 0) is 36.2 Å². The zero-order chi connectivity index (χ0) is 20.8. The van der Waals surface area contributed by atoms with Crippen molar-refractivity contribution < 1.29 is 14.4 Å². The Morgan fingerprint density at radius 1 is 0.893 bits per heavy atom. The van der Waals surface area contributed by atoms with Crippen molar-refractivity contribution in [1.29, 1.82) is 0 Å². The number of anilines is 1. The molecule has 0 saturated carbocycles. The summed E-state index contributed by atoms with van der Waals surface area (Å²) in [6.07, 6.45) is 0. The molecule has 0 fully saturated rings. The predicted molar refractivity (Wildman–Crippen MR) is 111 cm³/mol. The second-order valence-corrected chi connectivity index (χ2v) is 7.25. The average molecular weight is 422 g/mol. The molecule has 0 bridgehead atoms. The molecule has 0 saturated heterocycles. The molecule has 1 atom stereocenters. The summed E-state index contributed by atoms with van der Waals surface area (Å²) >= 11 is 12.1. The van der Waals surface area contributed by atoms with Crippen LogP contribution in [0.15, 0.2) is 42.5 Å². The summed E-state index contributed by atoms with van der Waals surface area (Å²) in [6.45, 7) is 3.63. The molecule has 0 aliphatic heterocycles. The Bertz CT molecular complexity index is 900. The van der Waals surface area contributed by atoms with Gasteiger partial charge in [0.15, 0.2) is 0 Å². The monoisotopic (exact) mass is 421 g/mol. The maximum absolute atomic E-state index is 12.7. The van der Waals surface area contributed by atoms with E-state index in [4.69, 9.17) is 23.2 Å². The van der Waals surface area contributed by atoms with E-state index in [2.05, 4.69) is 16.0 Å². The topological polar surface area (TPSA) is 87.3 Å². The van der Waals surface area contributed by atoms with E-state index in [0.717, 1.165) is 0 Å². The minimum atomic E-state index is -0.803. The maximum Gasteiger partial charge on any atom is 0.253 e. The fourth-order valence-electron chi connectivity index (χ4n) is 2.53. The van der Waals surface area contributed by atoms with Crippen LogP contribution in [0.5, 0.6) is 0 Å². The van der Waals surface area contributed by atoms with Gasteiger partial charge in [-0.1, -0.05) is 49.2 Å². The van der Waals surface area contributed by atoms with Crippen molar-refractivity contribution in [3.05, 3.63) is 63.6 Å². The van der Waals surface area contributed by atoms with Gasteiger partial charge in [0.1, 0.15) is 6.04 Å². The van der Waals surface area contributed by atoms with E-state index < -0.39 is 17.9 Å². The first-order chi connectivity index (χ1) is 13.2. The van der Waals surface area contributed by atoms with Crippen LogP contribution >= 0.6 is 23.2 Å². The zero-order valence-electron chi connectivity index (χ0n) is 15.7. The van der Waals surface area contributed by atoms with E-state index in [9.17, 15) is 14.4 Å². The first kappa shape index (κ1) is 21.7. The highest BCUT2D eigenvalue weighted by molar-refractivity contribution is 6.34. The second kappa shape index (κ2) is 9.57. The quantitative estimate of drug-likeness (QED) is 0.663. The summed E-state index contributed by atoms with van der Waals surface area (Å²) in [6, 6.07) is 10.4. The van der Waals surface area contributed by atoms with Gasteiger partial charge in [0.05, 0.1) is 21.2 Å². The van der Waals surface area contributed by atoms with Crippen LogP contribution in [0.3, 0.4) is 0 Å². The normalized spacial score (nSPS) is 11.6. The van der Waals surface area contributed by atoms with Gasteiger partial charge in [-0.3, -0.25) is 14.4 Å². The molecule has 0 spiro atoms. The van der Waals surface area contributed by atoms with Crippen molar-refractivity contribution >= 4 is 46.6 Å². The number of hydrogen-bond acceptors (Lipinski definition) is 3. The third-order valence-electron chi connectivity index (χ3n) is 4.06. The highest BCUT2D eigenvalue weighted by Crippen LogP contribution is 2.21. The summed E-state index contributed by atoms with van der Waals surface area (Å²) in [7, 11) is 1.49. The molecule has 0 aromatic heterocycles. The van der Waals surface area contributed by atoms with Crippen molar-refractivity contribution in [3.8, 4) is 0 Å². The number of carbonyl (C=O) groups is 3. The number of rotatable bonds is 6. The van der Waals surface area contributed by atoms with E-state index in [0.29, 0.717) is 10.7 Å². The van der Waals surface area contributed by atoms with Crippen molar-refractivity contribution in [3.63, 3.8) is 0 Å². The van der Waals surface area contributed by atoms with Crippen LogP contribution in [0.25, 0.3) is 0 Å². The van der Waals surface area contributed by atoms with E-state index in [-0.39, 0.29) is 28.0 Å². The van der Waals surface area contributed by atoms with Crippen LogP contribution in [0.4, 0.5) is 5.69 Å². The molecule has 0 aliphatic rings. The lowest BCUT2D eigenvalue weighted by Crippen LogP contribution is -2.47. The molecule has 2 aromatic carbocycles. The highest BCUT2D eigenvalue weighted by Gasteiger charge is 2.26. The van der Waals surface area contributed by atoms with Crippen LogP contribution in [-0.4, -0.2) is 30.8 Å². The van der Waals surface area contributed by atoms with Gasteiger partial charge in [-0.2, -0.15) is 0 Å². The molecule has 3 amide bonds. The van der Waals surface area contributed by atoms with Gasteiger partial charge in [-0.15, -0.1) is 0 Å². The standard InChI is InChI=1S/C20H21Cl2N3O3/c1-11(2)17(25-19(27)13-6-4-5-7-15(13)21)20(28)24-12-8-9-16(22)14(10-12)18(26)23-3/h4-11,17H,1-3H3,(H,23,26)(H,24,28)(H,25,27). The van der Waals surface area contributed by atoms with Crippen molar-refractivity contribution in [2.24, 2.45) is 5.92 Å². The SMILES string of the molecule is CNC(=O)c1cc(NC(=O)C(NC(=O)c2ccccc2Cl)C(C)C)ccc1Cl. The van der Waals surface area contributed by atoms with Gasteiger partial charge in [0.2, 0.25) is 5.91 Å². The number of amides is 3. The highest BCUT2D eigenvalue weighted by atomic mass is 35.5. The average Bonchev–Trinajstić information content (AvgIpc) is 2.66. The van der Waals surface area contributed by atoms with Crippen molar-refractivity contribution in [1.82, 2.24) is 10.6 Å². The predicted octanol–water partition coefficient (Wildman–Crippen LogP) is 3.75. The second-order valence-electron chi connectivity index (χ2n) is 6.44. The number of benzene rings is 2. The molecular formula is C20H21Cl2N3O3. The summed E-state index contributed by atoms with van der Waals surface area (Å²) < 4.78 is 0. The van der Waals surface area contributed by atoms with Crippen LogP contribution < -0.4 is 16.0 Å². The zero-order valence-corrected chi connectivity index (χ0v) is 17.2. The fourth-order valence-corrected chi connectivity index (χ4v) is 2.96. The molecule has 0 radical (unpaired) electrons. The molecular weight excluding hydrogens is 401 g/mol. The van der Waals surface area contributed by atoms with E-state index in [1.807, 2.05) is 13.8 Å². The summed E-state index contributed by atoms with van der Waals surface area (Å²) in [5.74, 6) is -1.41. The Balaban J connectivity index is 2.19. The van der Waals surface area contributed by atoms with Gasteiger partial charge < -0.3 is 16.0 Å². The Hall–Kier alpha value is -2.57. The van der Waals surface area contributed by atoms with E-state index >= 15 is 0 Å². The number of halogens is 2. The third-order valence-corrected chi connectivity index (χ3v) is 4.72. The maximum atomic E-state index is 12.7. The molecule has 3 N–H and O–H groups in total. The lowest BCUT2D eigenvalue weighted by Gasteiger charge is -2.22. The molecule has 6 nitrogen and oxygen atoms in total. The van der Waals surface area contributed by atoms with Gasteiger partial charge in [0.25, 0.3) is 11.8 Å². The van der Waals surface area contributed by atoms with Crippen LogP contribution in [0.2, 0.25) is 10.0 Å². The van der Waals surface area contributed by atoms with Gasteiger partial charge in [0, 0.05) is 12.7 Å². The minimum Gasteiger partial charge on any atom is -0.355 e. The smallest absolute Gasteiger partial charge is 0.253 e. The van der Waals surface area contributed by atoms with E-state index in [1.165, 1.54) is 19.2 Å². The molecule has 28 heavy (non-hydrogen) atoms. The lowest BCUT2D eigenvalue weighted by molar-refractivity contribution is -0.118. The third kappa shape index (κ3) is 5.24. The van der Waals surface area contributed by atoms with Gasteiger partial charge in [-0.25, -0.2) is 0 Å². The Labute approximate surface area is 173 Å². The molecule has 2 aromatic rings. The lowest BCUT2D eigenvalue weighted by atomic mass is 10.0. The Morgan fingerprint density at radius 2 is 1.54 bits per heavy atom. The number of nitrogens with one attached hydrogen (secondary N) is 3. The number of carbonyl (C=O) groups excluding carboxylic acids is 3. The minimum absolute atomic E-state index is 0.183. The molecule has 0 aliphatic carbocycles. The summed E-state index contributed by atoms with van der Waals surface area (Å²) in [5, 5.41) is 8.49. The van der Waals surface area contributed by atoms with E-state index in [1.54, 1.807) is 30.3 Å². The van der Waals surface area contributed by atoms with Crippen molar-refractivity contribution in [2.45, 2.75) is 19.9 Å². The van der Waals surface area contributed by atoms with Crippen molar-refractivity contribution in [2.75, 3.05) is 12.4 Å². The summed E-state index contributed by atoms with van der Waals surface area (Å²) in [4.78, 5) is 37.1. The molecule has 0 heterocycles. The van der Waals surface area contributed by atoms with Crippen LogP contribution in [0, 0.1) is 5.92 Å². The first-order valence-corrected chi connectivity index (χ1v) is 9.38. The van der Waals surface area contributed by atoms with Crippen LogP contribution in [-0.2, 0) is 4.79 Å². The summed E-state index contributed by atoms with van der Waals surface area (Å²) in [5.41, 5.74) is 0.921.